The van der Waals surface area contributed by atoms with Gasteiger partial charge in [-0.15, -0.1) is 0 Å². The Labute approximate surface area is 313 Å². The summed E-state index contributed by atoms with van der Waals surface area (Å²) in [6, 6.07) is 32.7. The summed E-state index contributed by atoms with van der Waals surface area (Å²) in [6.07, 6.45) is 7.08. The zero-order valence-corrected chi connectivity index (χ0v) is 31.8. The Bertz CT molecular complexity index is 2480. The van der Waals surface area contributed by atoms with Gasteiger partial charge in [-0.1, -0.05) is 84.9 Å². The van der Waals surface area contributed by atoms with Gasteiger partial charge in [0.1, 0.15) is 23.1 Å². The lowest BCUT2D eigenvalue weighted by Gasteiger charge is -2.48. The van der Waals surface area contributed by atoms with Gasteiger partial charge in [0.25, 0.3) is 0 Å². The van der Waals surface area contributed by atoms with E-state index < -0.39 is 0 Å². The van der Waals surface area contributed by atoms with Crippen LogP contribution >= 0.6 is 0 Å². The van der Waals surface area contributed by atoms with Crippen LogP contribution in [0, 0.1) is 0 Å². The second kappa shape index (κ2) is 12.6. The maximum Gasteiger partial charge on any atom is 0.510 e. The van der Waals surface area contributed by atoms with Crippen molar-refractivity contribution >= 4 is 40.3 Å². The Hall–Kier alpha value is -5.50. The van der Waals surface area contributed by atoms with Crippen molar-refractivity contribution in [3.8, 4) is 28.7 Å². The van der Waals surface area contributed by atoms with E-state index in [0.717, 1.165) is 59.2 Å². The van der Waals surface area contributed by atoms with Crippen LogP contribution in [0.15, 0.2) is 110 Å². The number of hydrogen-bond donors (Lipinski definition) is 0. The molecule has 1 saturated heterocycles. The van der Waals surface area contributed by atoms with E-state index in [9.17, 15) is 0 Å². The molecule has 0 aliphatic carbocycles. The molecule has 1 fully saturated rings. The normalized spacial score (nSPS) is 14.3. The summed E-state index contributed by atoms with van der Waals surface area (Å²) in [5.74, 6) is 4.27. The van der Waals surface area contributed by atoms with E-state index in [4.69, 9.17) is 14.7 Å². The highest BCUT2D eigenvalue weighted by molar-refractivity contribution is 6.67. The van der Waals surface area contributed by atoms with Crippen LogP contribution in [0.5, 0.6) is 11.5 Å². The molecule has 9 rings (SSSR count). The highest BCUT2D eigenvalue weighted by atomic mass is 16.5. The Balaban J connectivity index is 1.11. The molecule has 7 nitrogen and oxygen atoms in total. The average molecular weight is 699 g/mol. The van der Waals surface area contributed by atoms with Crippen molar-refractivity contribution in [2.45, 2.75) is 72.1 Å². The van der Waals surface area contributed by atoms with Gasteiger partial charge in [-0.05, 0) is 88.9 Å². The standard InChI is InChI=1S/C45H47BN6O/c1-29(2)34-13-10-14-35(30(3)4)43(34)50-24-11-23-49-39-19-17-32(27-38(39)44-48-22-25-51(44)46(49)50)53-33-16-18-37-36-12-8-9-15-40(36)52(41(37)28-33)42-26-31(20-21-47-42)45(5,6)7/h8-10,12-22,25-30H,11,23-24H2,1-7H3. The van der Waals surface area contributed by atoms with Gasteiger partial charge in [0, 0.05) is 65.5 Å². The smallest absolute Gasteiger partial charge is 0.457 e. The van der Waals surface area contributed by atoms with Crippen LogP contribution in [0.25, 0.3) is 39.0 Å². The third-order valence-corrected chi connectivity index (χ3v) is 11.1. The number of fused-ring (bicyclic) bond motifs is 9. The molecule has 8 heteroatoms. The highest BCUT2D eigenvalue weighted by Crippen LogP contribution is 2.44. The van der Waals surface area contributed by atoms with Crippen molar-refractivity contribution < 1.29 is 4.74 Å². The van der Waals surface area contributed by atoms with Gasteiger partial charge in [-0.25, -0.2) is 9.97 Å². The van der Waals surface area contributed by atoms with E-state index in [1.807, 2.05) is 12.4 Å². The molecule has 2 aliphatic rings. The predicted octanol–water partition coefficient (Wildman–Crippen LogP) is 10.9. The number of ether oxygens (including phenoxy) is 1. The molecule has 53 heavy (non-hydrogen) atoms. The van der Waals surface area contributed by atoms with Gasteiger partial charge < -0.3 is 18.8 Å². The molecule has 0 bridgehead atoms. The lowest BCUT2D eigenvalue weighted by Crippen LogP contribution is -2.64. The lowest BCUT2D eigenvalue weighted by molar-refractivity contribution is 0.483. The molecule has 3 aromatic heterocycles. The van der Waals surface area contributed by atoms with Gasteiger partial charge in [-0.2, -0.15) is 0 Å². The Morgan fingerprint density at radius 2 is 1.42 bits per heavy atom. The first kappa shape index (κ1) is 33.3. The minimum Gasteiger partial charge on any atom is -0.457 e. The number of nitrogens with zero attached hydrogens (tertiary/aromatic N) is 6. The summed E-state index contributed by atoms with van der Waals surface area (Å²) < 4.78 is 11.3. The van der Waals surface area contributed by atoms with Gasteiger partial charge in [0.2, 0.25) is 0 Å². The van der Waals surface area contributed by atoms with E-state index in [0.29, 0.717) is 11.8 Å². The predicted molar refractivity (Wildman–Crippen MR) is 220 cm³/mol. The summed E-state index contributed by atoms with van der Waals surface area (Å²) in [5.41, 5.74) is 9.92. The lowest BCUT2D eigenvalue weighted by atomic mass is 9.75. The number of rotatable bonds is 6. The van der Waals surface area contributed by atoms with Crippen molar-refractivity contribution in [1.82, 2.24) is 19.0 Å². The van der Waals surface area contributed by atoms with E-state index >= 15 is 0 Å². The first-order chi connectivity index (χ1) is 25.6. The van der Waals surface area contributed by atoms with Gasteiger partial charge in [0.05, 0.1) is 11.0 Å². The number of pyridine rings is 1. The fourth-order valence-electron chi connectivity index (χ4n) is 8.55. The van der Waals surface area contributed by atoms with E-state index in [1.165, 1.54) is 38.8 Å². The molecule has 266 valence electrons. The number of aromatic nitrogens is 4. The number of para-hydroxylation sites is 2. The second-order valence-electron chi connectivity index (χ2n) is 16.3. The molecule has 0 spiro atoms. The molecule has 0 N–H and O–H groups in total. The van der Waals surface area contributed by atoms with Crippen LogP contribution in [0.1, 0.15) is 83.4 Å². The molecular weight excluding hydrogens is 651 g/mol. The first-order valence-corrected chi connectivity index (χ1v) is 19.1. The Kier molecular flexibility index (Phi) is 7.91. The molecule has 5 heterocycles. The van der Waals surface area contributed by atoms with Crippen molar-refractivity contribution in [3.63, 3.8) is 0 Å². The molecule has 0 atom stereocenters. The highest BCUT2D eigenvalue weighted by Gasteiger charge is 2.44. The fourth-order valence-corrected chi connectivity index (χ4v) is 8.55. The second-order valence-corrected chi connectivity index (χ2v) is 16.3. The maximum atomic E-state index is 6.72. The number of benzene rings is 4. The molecular formula is C45H47BN6O. The van der Waals surface area contributed by atoms with Crippen molar-refractivity contribution in [3.05, 3.63) is 126 Å². The maximum absolute atomic E-state index is 6.72. The van der Waals surface area contributed by atoms with Gasteiger partial charge >= 0.3 is 7.12 Å². The minimum atomic E-state index is 0.00707. The molecule has 0 radical (unpaired) electrons. The van der Waals surface area contributed by atoms with Crippen LogP contribution in [0.2, 0.25) is 0 Å². The third-order valence-electron chi connectivity index (χ3n) is 11.1. The summed E-state index contributed by atoms with van der Waals surface area (Å²) in [5, 5.41) is 2.36. The number of anilines is 2. The van der Waals surface area contributed by atoms with Crippen LogP contribution in [-0.2, 0) is 5.41 Å². The summed E-state index contributed by atoms with van der Waals surface area (Å²) in [7, 11) is 0.00707. The molecule has 0 saturated carbocycles. The molecule has 0 unspecified atom stereocenters. The van der Waals surface area contributed by atoms with Crippen molar-refractivity contribution in [2.24, 2.45) is 0 Å². The first-order valence-electron chi connectivity index (χ1n) is 19.1. The van der Waals surface area contributed by atoms with Crippen molar-refractivity contribution in [1.29, 1.82) is 0 Å². The van der Waals surface area contributed by atoms with Crippen LogP contribution in [0.3, 0.4) is 0 Å². The largest absolute Gasteiger partial charge is 0.510 e. The summed E-state index contributed by atoms with van der Waals surface area (Å²) >= 11 is 0. The summed E-state index contributed by atoms with van der Waals surface area (Å²) in [6.45, 7) is 17.9. The SMILES string of the molecule is CC(C)c1cccc(C(C)C)c1N1CCCN2B1n1ccnc1-c1cc(Oc3ccc4c5ccccc5n(-c5cc(C(C)(C)C)ccn5)c4c3)ccc12. The number of imidazole rings is 1. The van der Waals surface area contributed by atoms with Crippen LogP contribution in [0.4, 0.5) is 11.4 Å². The van der Waals surface area contributed by atoms with Crippen LogP contribution < -0.4 is 14.4 Å². The zero-order chi connectivity index (χ0) is 36.6. The van der Waals surface area contributed by atoms with Crippen LogP contribution in [-0.4, -0.2) is 39.2 Å². The monoisotopic (exact) mass is 698 g/mol. The van der Waals surface area contributed by atoms with Gasteiger partial charge in [0.15, 0.2) is 0 Å². The van der Waals surface area contributed by atoms with E-state index in [-0.39, 0.29) is 12.5 Å². The molecule has 4 aromatic carbocycles. The van der Waals surface area contributed by atoms with E-state index in [1.54, 1.807) is 0 Å². The zero-order valence-electron chi connectivity index (χ0n) is 31.8. The van der Waals surface area contributed by atoms with Crippen molar-refractivity contribution in [2.75, 3.05) is 22.7 Å². The fraction of sp³-hybridized carbons (Fsp3) is 0.289. The summed E-state index contributed by atoms with van der Waals surface area (Å²) in [4.78, 5) is 15.0. The third kappa shape index (κ3) is 5.49. The Morgan fingerprint density at radius 3 is 2.19 bits per heavy atom. The number of hydrogen-bond acceptors (Lipinski definition) is 5. The molecule has 7 aromatic rings. The quantitative estimate of drug-likeness (QED) is 0.162. The van der Waals surface area contributed by atoms with Gasteiger partial charge in [-0.3, -0.25) is 4.57 Å². The Morgan fingerprint density at radius 1 is 0.698 bits per heavy atom. The average Bonchev–Trinajstić information content (AvgIpc) is 3.77. The molecule has 2 aliphatic heterocycles. The van der Waals surface area contributed by atoms with E-state index in [2.05, 4.69) is 164 Å². The topological polar surface area (TPSA) is 51.4 Å². The minimum absolute atomic E-state index is 0.00707. The molecule has 0 amide bonds.